The van der Waals surface area contributed by atoms with E-state index in [0.29, 0.717) is 4.90 Å². The second-order valence-electron chi connectivity index (χ2n) is 3.20. The van der Waals surface area contributed by atoms with Gasteiger partial charge in [-0.2, -0.15) is 0 Å². The van der Waals surface area contributed by atoms with Crippen molar-refractivity contribution in [2.75, 3.05) is 11.5 Å². The summed E-state index contributed by atoms with van der Waals surface area (Å²) >= 11 is 1.14. The Morgan fingerprint density at radius 3 is 2.71 bits per heavy atom. The lowest BCUT2D eigenvalue weighted by atomic mass is 10.3. The molecule has 0 heterocycles. The number of hydrogen-bond acceptors (Lipinski definition) is 4. The van der Waals surface area contributed by atoms with Gasteiger partial charge in [-0.05, 0) is 18.2 Å². The maximum atomic E-state index is 13.1. The zero-order valence-electron chi connectivity index (χ0n) is 9.12. The maximum Gasteiger partial charge on any atom is 0.248 e. The van der Waals surface area contributed by atoms with E-state index in [4.69, 9.17) is 5.73 Å². The predicted octanol–water partition coefficient (Wildman–Crippen LogP) is 0.667. The molecule has 0 atom stereocenters. The number of carbonyl (C=O) groups is 2. The molecule has 0 aromatic heterocycles. The van der Waals surface area contributed by atoms with Crippen molar-refractivity contribution >= 4 is 29.3 Å². The maximum absolute atomic E-state index is 13.1. The van der Waals surface area contributed by atoms with Crippen molar-refractivity contribution in [3.63, 3.8) is 0 Å². The van der Waals surface area contributed by atoms with Gasteiger partial charge in [0.2, 0.25) is 11.8 Å². The third-order valence-corrected chi connectivity index (χ3v) is 2.71. The van der Waals surface area contributed by atoms with Crippen molar-refractivity contribution < 1.29 is 14.0 Å². The van der Waals surface area contributed by atoms with Crippen molar-refractivity contribution in [2.24, 2.45) is 0 Å². The topological polar surface area (TPSA) is 84.2 Å². The van der Waals surface area contributed by atoms with E-state index in [-0.39, 0.29) is 23.3 Å². The van der Waals surface area contributed by atoms with Crippen LogP contribution >= 0.6 is 11.8 Å². The number of nitrogens with two attached hydrogens (primary N) is 1. The number of amides is 2. The van der Waals surface area contributed by atoms with Crippen LogP contribution in [0.3, 0.4) is 0 Å². The van der Waals surface area contributed by atoms with E-state index in [2.05, 4.69) is 10.9 Å². The number of benzene rings is 1. The molecule has 0 spiro atoms. The monoisotopic (exact) mass is 257 g/mol. The number of carbonyl (C=O) groups excluding carboxylic acids is 2. The molecule has 4 N–H and O–H groups in total. The summed E-state index contributed by atoms with van der Waals surface area (Å²) in [6.45, 7) is 1.28. The summed E-state index contributed by atoms with van der Waals surface area (Å²) in [4.78, 5) is 22.3. The summed E-state index contributed by atoms with van der Waals surface area (Å²) < 4.78 is 13.1. The fraction of sp³-hybridized carbons (Fsp3) is 0.200. The standard InChI is InChI=1S/C10H12FN3O2S/c1-6(15)13-14-10(16)5-17-7-2-3-9(12)8(11)4-7/h2-4H,5,12H2,1H3,(H,13,15)(H,14,16). The molecule has 7 heteroatoms. The number of hydrogen-bond donors (Lipinski definition) is 3. The molecule has 1 aromatic carbocycles. The highest BCUT2D eigenvalue weighted by Gasteiger charge is 2.05. The average Bonchev–Trinajstić information content (AvgIpc) is 2.28. The Bertz CT molecular complexity index is 440. The smallest absolute Gasteiger partial charge is 0.248 e. The van der Waals surface area contributed by atoms with Crippen LogP contribution in [-0.2, 0) is 9.59 Å². The van der Waals surface area contributed by atoms with Crippen LogP contribution in [0, 0.1) is 5.82 Å². The lowest BCUT2D eigenvalue weighted by Gasteiger charge is -2.05. The molecule has 5 nitrogen and oxygen atoms in total. The molecule has 0 aliphatic carbocycles. The van der Waals surface area contributed by atoms with E-state index in [0.717, 1.165) is 11.8 Å². The van der Waals surface area contributed by atoms with Gasteiger partial charge in [0, 0.05) is 11.8 Å². The van der Waals surface area contributed by atoms with E-state index in [9.17, 15) is 14.0 Å². The largest absolute Gasteiger partial charge is 0.396 e. The summed E-state index contributed by atoms with van der Waals surface area (Å²) in [6, 6.07) is 4.31. The Kier molecular flexibility index (Phi) is 4.77. The fourth-order valence-electron chi connectivity index (χ4n) is 0.940. The summed E-state index contributed by atoms with van der Waals surface area (Å²) in [5.41, 5.74) is 9.74. The molecule has 0 aliphatic rings. The van der Waals surface area contributed by atoms with Crippen LogP contribution in [0.1, 0.15) is 6.92 Å². The molecule has 0 radical (unpaired) electrons. The highest BCUT2D eigenvalue weighted by molar-refractivity contribution is 8.00. The van der Waals surface area contributed by atoms with E-state index < -0.39 is 5.82 Å². The van der Waals surface area contributed by atoms with Crippen LogP contribution in [0.2, 0.25) is 0 Å². The quantitative estimate of drug-likeness (QED) is 0.422. The summed E-state index contributed by atoms with van der Waals surface area (Å²) in [7, 11) is 0. The number of nitrogen functional groups attached to an aromatic ring is 1. The normalized spacial score (nSPS) is 9.76. The molecule has 0 aliphatic heterocycles. The molecule has 92 valence electrons. The van der Waals surface area contributed by atoms with Gasteiger partial charge in [0.15, 0.2) is 0 Å². The predicted molar refractivity (Wildman–Crippen MR) is 63.5 cm³/mol. The molecule has 0 saturated heterocycles. The lowest BCUT2D eigenvalue weighted by Crippen LogP contribution is -2.41. The summed E-state index contributed by atoms with van der Waals surface area (Å²) in [5, 5.41) is 0. The fourth-order valence-corrected chi connectivity index (χ4v) is 1.66. The minimum Gasteiger partial charge on any atom is -0.396 e. The number of halogens is 1. The highest BCUT2D eigenvalue weighted by atomic mass is 32.2. The summed E-state index contributed by atoms with van der Waals surface area (Å²) in [6.07, 6.45) is 0. The van der Waals surface area contributed by atoms with E-state index >= 15 is 0 Å². The van der Waals surface area contributed by atoms with Crippen molar-refractivity contribution in [1.29, 1.82) is 0 Å². The highest BCUT2D eigenvalue weighted by Crippen LogP contribution is 2.21. The Morgan fingerprint density at radius 1 is 1.41 bits per heavy atom. The van der Waals surface area contributed by atoms with E-state index in [1.807, 2.05) is 0 Å². The van der Waals surface area contributed by atoms with Gasteiger partial charge in [-0.1, -0.05) is 0 Å². The first-order valence-electron chi connectivity index (χ1n) is 4.72. The number of hydrazine groups is 1. The van der Waals surface area contributed by atoms with E-state index in [1.54, 1.807) is 6.07 Å². The van der Waals surface area contributed by atoms with Crippen LogP contribution in [-0.4, -0.2) is 17.6 Å². The zero-order chi connectivity index (χ0) is 12.8. The van der Waals surface area contributed by atoms with Gasteiger partial charge in [0.25, 0.3) is 0 Å². The Hall–Kier alpha value is -1.76. The molecule has 0 fully saturated rings. The first-order valence-corrected chi connectivity index (χ1v) is 5.71. The van der Waals surface area contributed by atoms with Gasteiger partial charge in [0.05, 0.1) is 11.4 Å². The number of anilines is 1. The molecule has 0 unspecified atom stereocenters. The first kappa shape index (κ1) is 13.3. The Morgan fingerprint density at radius 2 is 2.12 bits per heavy atom. The van der Waals surface area contributed by atoms with Crippen LogP contribution in [0.25, 0.3) is 0 Å². The van der Waals surface area contributed by atoms with Gasteiger partial charge >= 0.3 is 0 Å². The number of rotatable bonds is 3. The van der Waals surface area contributed by atoms with E-state index in [1.165, 1.54) is 19.1 Å². The zero-order valence-corrected chi connectivity index (χ0v) is 9.94. The molecule has 1 aromatic rings. The second kappa shape index (κ2) is 6.09. The minimum atomic E-state index is -0.516. The molecule has 17 heavy (non-hydrogen) atoms. The molecule has 0 saturated carbocycles. The van der Waals surface area contributed by atoms with Gasteiger partial charge in [-0.25, -0.2) is 4.39 Å². The average molecular weight is 257 g/mol. The molecule has 1 rings (SSSR count). The summed E-state index contributed by atoms with van der Waals surface area (Å²) in [5.74, 6) is -1.18. The molecular formula is C10H12FN3O2S. The third kappa shape index (κ3) is 4.73. The van der Waals surface area contributed by atoms with Crippen molar-refractivity contribution in [3.05, 3.63) is 24.0 Å². The van der Waals surface area contributed by atoms with Gasteiger partial charge in [0.1, 0.15) is 5.82 Å². The van der Waals surface area contributed by atoms with Crippen molar-refractivity contribution in [2.45, 2.75) is 11.8 Å². The minimum absolute atomic E-state index is 0.0667. The molecule has 0 bridgehead atoms. The lowest BCUT2D eigenvalue weighted by molar-refractivity contribution is -0.126. The Balaban J connectivity index is 2.42. The number of thioether (sulfide) groups is 1. The SMILES string of the molecule is CC(=O)NNC(=O)CSc1ccc(N)c(F)c1. The van der Waals surface area contributed by atoms with Crippen LogP contribution < -0.4 is 16.6 Å². The van der Waals surface area contributed by atoms with Gasteiger partial charge in [-0.15, -0.1) is 11.8 Å². The molecule has 2 amide bonds. The Labute approximate surface area is 102 Å². The molecular weight excluding hydrogens is 245 g/mol. The first-order chi connectivity index (χ1) is 7.99. The second-order valence-corrected chi connectivity index (χ2v) is 4.25. The van der Waals surface area contributed by atoms with Crippen LogP contribution in [0.5, 0.6) is 0 Å². The van der Waals surface area contributed by atoms with Crippen LogP contribution in [0.15, 0.2) is 23.1 Å². The van der Waals surface area contributed by atoms with Crippen molar-refractivity contribution in [3.8, 4) is 0 Å². The van der Waals surface area contributed by atoms with Crippen LogP contribution in [0.4, 0.5) is 10.1 Å². The van der Waals surface area contributed by atoms with Gasteiger partial charge in [-0.3, -0.25) is 20.4 Å². The van der Waals surface area contributed by atoms with Gasteiger partial charge < -0.3 is 5.73 Å². The number of nitrogens with one attached hydrogen (secondary N) is 2. The van der Waals surface area contributed by atoms with Crippen molar-refractivity contribution in [1.82, 2.24) is 10.9 Å². The third-order valence-electron chi connectivity index (χ3n) is 1.72.